The van der Waals surface area contributed by atoms with Gasteiger partial charge in [0.05, 0.1) is 15.8 Å². The fourth-order valence-electron chi connectivity index (χ4n) is 1.89. The second-order valence-corrected chi connectivity index (χ2v) is 6.82. The summed E-state index contributed by atoms with van der Waals surface area (Å²) in [6.07, 6.45) is 1.57. The Hall–Kier alpha value is -1.40. The molecular weight excluding hydrogens is 288 g/mol. The predicted octanol–water partition coefficient (Wildman–Crippen LogP) is 1.81. The van der Waals surface area contributed by atoms with Crippen LogP contribution in [-0.4, -0.2) is 18.0 Å². The monoisotopic (exact) mass is 300 g/mol. The molecule has 0 saturated carbocycles. The Bertz CT molecular complexity index is 796. The van der Waals surface area contributed by atoms with Crippen LogP contribution in [0.25, 0.3) is 10.9 Å². The van der Waals surface area contributed by atoms with Crippen LogP contribution < -0.4 is 5.56 Å². The molecule has 0 fully saturated rings. The minimum atomic E-state index is -3.85. The van der Waals surface area contributed by atoms with Crippen LogP contribution in [0.1, 0.15) is 19.2 Å². The Labute approximate surface area is 115 Å². The van der Waals surface area contributed by atoms with Crippen LogP contribution in [0.5, 0.6) is 0 Å². The molecule has 0 aliphatic heterocycles. The van der Waals surface area contributed by atoms with Gasteiger partial charge in [0.25, 0.3) is 14.6 Å². The number of benzene rings is 1. The maximum Gasteiger partial charge on any atom is 0.261 e. The quantitative estimate of drug-likeness (QED) is 0.811. The smallest absolute Gasteiger partial charge is 0.261 e. The molecule has 2 aromatic rings. The summed E-state index contributed by atoms with van der Waals surface area (Å²) in [5, 5.41) is 0.254. The Morgan fingerprint density at radius 1 is 1.37 bits per heavy atom. The van der Waals surface area contributed by atoms with Crippen LogP contribution >= 0.6 is 10.7 Å². The number of rotatable bonds is 3. The Morgan fingerprint density at radius 2 is 2.05 bits per heavy atom. The van der Waals surface area contributed by atoms with Gasteiger partial charge in [-0.25, -0.2) is 13.4 Å². The molecule has 1 aromatic carbocycles. The number of halogens is 1. The zero-order valence-corrected chi connectivity index (χ0v) is 12.1. The molecule has 19 heavy (non-hydrogen) atoms. The van der Waals surface area contributed by atoms with Gasteiger partial charge in [-0.3, -0.25) is 9.36 Å². The zero-order valence-electron chi connectivity index (χ0n) is 10.6. The zero-order chi connectivity index (χ0) is 14.2. The number of fused-ring (bicyclic) bond motifs is 1. The number of hydrogen-bond acceptors (Lipinski definition) is 4. The first-order valence-electron chi connectivity index (χ1n) is 5.79. The first kappa shape index (κ1) is 14.0. The third-order valence-electron chi connectivity index (χ3n) is 2.89. The molecule has 5 nitrogen and oxygen atoms in total. The summed E-state index contributed by atoms with van der Waals surface area (Å²) >= 11 is 0. The van der Waals surface area contributed by atoms with Crippen LogP contribution in [0.4, 0.5) is 0 Å². The molecule has 2 rings (SSSR count). The van der Waals surface area contributed by atoms with Crippen molar-refractivity contribution in [2.45, 2.75) is 24.7 Å². The summed E-state index contributed by atoms with van der Waals surface area (Å²) in [7, 11) is 3.05. The van der Waals surface area contributed by atoms with Gasteiger partial charge in [0.15, 0.2) is 0 Å². The molecule has 0 spiro atoms. The molecule has 1 aromatic heterocycles. The maximum absolute atomic E-state index is 12.2. The SMILES string of the molecule is CCCc1nc2ccc(S(=O)(=O)Cl)cc2c(=O)n1C. The first-order chi connectivity index (χ1) is 8.84. The Balaban J connectivity index is 2.79. The second-order valence-electron chi connectivity index (χ2n) is 4.26. The van der Waals surface area contributed by atoms with Crippen molar-refractivity contribution in [1.82, 2.24) is 9.55 Å². The van der Waals surface area contributed by atoms with E-state index in [-0.39, 0.29) is 15.8 Å². The van der Waals surface area contributed by atoms with Crippen molar-refractivity contribution in [2.75, 3.05) is 0 Å². The van der Waals surface area contributed by atoms with Gasteiger partial charge in [-0.2, -0.15) is 0 Å². The molecule has 1 heterocycles. The normalized spacial score (nSPS) is 11.9. The molecule has 0 aliphatic carbocycles. The summed E-state index contributed by atoms with van der Waals surface area (Å²) in [4.78, 5) is 16.5. The van der Waals surface area contributed by atoms with Crippen molar-refractivity contribution >= 4 is 30.6 Å². The van der Waals surface area contributed by atoms with E-state index in [9.17, 15) is 13.2 Å². The van der Waals surface area contributed by atoms with Gasteiger partial charge in [0, 0.05) is 24.2 Å². The van der Waals surface area contributed by atoms with E-state index >= 15 is 0 Å². The highest BCUT2D eigenvalue weighted by Gasteiger charge is 2.14. The molecular formula is C12H13ClN2O3S. The summed E-state index contributed by atoms with van der Waals surface area (Å²) in [5.41, 5.74) is 0.214. The van der Waals surface area contributed by atoms with E-state index in [0.29, 0.717) is 17.8 Å². The summed E-state index contributed by atoms with van der Waals surface area (Å²) in [6.45, 7) is 2.00. The van der Waals surface area contributed by atoms with Gasteiger partial charge >= 0.3 is 0 Å². The minimum Gasteiger partial charge on any atom is -0.299 e. The van der Waals surface area contributed by atoms with E-state index in [1.165, 1.54) is 22.8 Å². The largest absolute Gasteiger partial charge is 0.299 e. The highest BCUT2D eigenvalue weighted by molar-refractivity contribution is 8.13. The fraction of sp³-hybridized carbons (Fsp3) is 0.333. The molecule has 0 N–H and O–H groups in total. The number of nitrogens with zero attached hydrogens (tertiary/aromatic N) is 2. The molecule has 0 bridgehead atoms. The highest BCUT2D eigenvalue weighted by atomic mass is 35.7. The molecule has 0 radical (unpaired) electrons. The molecule has 0 unspecified atom stereocenters. The van der Waals surface area contributed by atoms with E-state index in [1.807, 2.05) is 6.92 Å². The van der Waals surface area contributed by atoms with Crippen molar-refractivity contribution in [1.29, 1.82) is 0 Å². The lowest BCUT2D eigenvalue weighted by molar-refractivity contribution is 0.609. The Kier molecular flexibility index (Phi) is 3.64. The topological polar surface area (TPSA) is 69.0 Å². The maximum atomic E-state index is 12.2. The summed E-state index contributed by atoms with van der Waals surface area (Å²) in [5.74, 6) is 0.682. The number of aryl methyl sites for hydroxylation is 1. The van der Waals surface area contributed by atoms with E-state index in [4.69, 9.17) is 10.7 Å². The van der Waals surface area contributed by atoms with Crippen molar-refractivity contribution in [2.24, 2.45) is 7.05 Å². The van der Waals surface area contributed by atoms with Crippen molar-refractivity contribution in [3.63, 3.8) is 0 Å². The third kappa shape index (κ3) is 2.64. The number of hydrogen-bond donors (Lipinski definition) is 0. The first-order valence-corrected chi connectivity index (χ1v) is 8.10. The molecule has 0 amide bonds. The Morgan fingerprint density at radius 3 is 2.63 bits per heavy atom. The van der Waals surface area contributed by atoms with Crippen molar-refractivity contribution < 1.29 is 8.42 Å². The number of aromatic nitrogens is 2. The highest BCUT2D eigenvalue weighted by Crippen LogP contribution is 2.19. The molecule has 102 valence electrons. The average molecular weight is 301 g/mol. The van der Waals surface area contributed by atoms with Gasteiger partial charge in [-0.05, 0) is 24.6 Å². The summed E-state index contributed by atoms with van der Waals surface area (Å²) < 4.78 is 24.0. The van der Waals surface area contributed by atoms with E-state index in [1.54, 1.807) is 7.05 Å². The van der Waals surface area contributed by atoms with Gasteiger partial charge in [-0.15, -0.1) is 0 Å². The predicted molar refractivity (Wildman–Crippen MR) is 74.0 cm³/mol. The van der Waals surface area contributed by atoms with Crippen LogP contribution in [0.2, 0.25) is 0 Å². The lowest BCUT2D eigenvalue weighted by Crippen LogP contribution is -2.22. The summed E-state index contributed by atoms with van der Waals surface area (Å²) in [6, 6.07) is 4.13. The molecule has 0 saturated heterocycles. The second kappa shape index (κ2) is 4.94. The fourth-order valence-corrected chi connectivity index (χ4v) is 2.67. The van der Waals surface area contributed by atoms with Gasteiger partial charge in [0.1, 0.15) is 5.82 Å². The van der Waals surface area contributed by atoms with Gasteiger partial charge < -0.3 is 0 Å². The van der Waals surface area contributed by atoms with E-state index < -0.39 is 9.05 Å². The standard InChI is InChI=1S/C12H13ClN2O3S/c1-3-4-11-14-10-6-5-8(19(13,17)18)7-9(10)12(16)15(11)2/h5-7H,3-4H2,1-2H3. The molecule has 0 aliphatic rings. The van der Waals surface area contributed by atoms with E-state index in [2.05, 4.69) is 4.98 Å². The van der Waals surface area contributed by atoms with Crippen LogP contribution in [0.3, 0.4) is 0 Å². The van der Waals surface area contributed by atoms with Crippen molar-refractivity contribution in [3.05, 3.63) is 34.4 Å². The van der Waals surface area contributed by atoms with E-state index in [0.717, 1.165) is 6.42 Å². The molecule has 0 atom stereocenters. The van der Waals surface area contributed by atoms with Crippen LogP contribution in [-0.2, 0) is 22.5 Å². The van der Waals surface area contributed by atoms with Crippen LogP contribution in [0, 0.1) is 0 Å². The average Bonchev–Trinajstić information content (AvgIpc) is 2.34. The lowest BCUT2D eigenvalue weighted by Gasteiger charge is -2.08. The van der Waals surface area contributed by atoms with Crippen LogP contribution in [0.15, 0.2) is 27.9 Å². The van der Waals surface area contributed by atoms with Gasteiger partial charge in [0.2, 0.25) is 0 Å². The lowest BCUT2D eigenvalue weighted by atomic mass is 10.2. The molecule has 7 heteroatoms. The van der Waals surface area contributed by atoms with Crippen molar-refractivity contribution in [3.8, 4) is 0 Å². The third-order valence-corrected chi connectivity index (χ3v) is 4.25. The van der Waals surface area contributed by atoms with Gasteiger partial charge in [-0.1, -0.05) is 6.92 Å². The minimum absolute atomic E-state index is 0.0937.